The van der Waals surface area contributed by atoms with Crippen molar-refractivity contribution in [2.75, 3.05) is 30.4 Å². The Labute approximate surface area is 107 Å². The van der Waals surface area contributed by atoms with Crippen molar-refractivity contribution in [2.24, 2.45) is 0 Å². The van der Waals surface area contributed by atoms with Gasteiger partial charge in [0.25, 0.3) is 0 Å². The second kappa shape index (κ2) is 5.91. The van der Waals surface area contributed by atoms with E-state index < -0.39 is 11.7 Å². The molecule has 1 aromatic heterocycles. The number of halogens is 3. The lowest BCUT2D eigenvalue weighted by molar-refractivity contribution is -0.137. The molecular formula is C11H10F3N5. The molecule has 1 aromatic rings. The van der Waals surface area contributed by atoms with Gasteiger partial charge in [0, 0.05) is 7.05 Å². The van der Waals surface area contributed by atoms with Crippen LogP contribution in [0.15, 0.2) is 12.1 Å². The van der Waals surface area contributed by atoms with Crippen LogP contribution in [0.5, 0.6) is 0 Å². The molecule has 1 heterocycles. The van der Waals surface area contributed by atoms with E-state index in [0.717, 1.165) is 17.0 Å². The fraction of sp³-hybridized carbons (Fsp3) is 0.364. The van der Waals surface area contributed by atoms with Crippen molar-refractivity contribution < 1.29 is 13.2 Å². The third-order valence-electron chi connectivity index (χ3n) is 2.24. The van der Waals surface area contributed by atoms with Crippen LogP contribution in [0.1, 0.15) is 5.56 Å². The molecule has 1 N–H and O–H groups in total. The summed E-state index contributed by atoms with van der Waals surface area (Å²) in [7, 11) is 1.44. The molecule has 0 unspecified atom stereocenters. The fourth-order valence-corrected chi connectivity index (χ4v) is 1.36. The number of nitrogens with zero attached hydrogens (tertiary/aromatic N) is 4. The number of hydrogen-bond donors (Lipinski definition) is 1. The molecule has 0 atom stereocenters. The van der Waals surface area contributed by atoms with Crippen LogP contribution < -0.4 is 10.2 Å². The Bertz CT molecular complexity index is 511. The lowest BCUT2D eigenvalue weighted by Crippen LogP contribution is -2.25. The van der Waals surface area contributed by atoms with E-state index in [9.17, 15) is 13.2 Å². The molecule has 0 saturated heterocycles. The van der Waals surface area contributed by atoms with Gasteiger partial charge in [-0.25, -0.2) is 4.98 Å². The van der Waals surface area contributed by atoms with Gasteiger partial charge in [-0.3, -0.25) is 0 Å². The maximum absolute atomic E-state index is 12.7. The molecule has 0 bridgehead atoms. The van der Waals surface area contributed by atoms with Crippen LogP contribution in [0.25, 0.3) is 0 Å². The van der Waals surface area contributed by atoms with Crippen molar-refractivity contribution >= 4 is 11.6 Å². The van der Waals surface area contributed by atoms with Crippen molar-refractivity contribution in [3.63, 3.8) is 0 Å². The van der Waals surface area contributed by atoms with Gasteiger partial charge in [-0.1, -0.05) is 0 Å². The van der Waals surface area contributed by atoms with Gasteiger partial charge >= 0.3 is 6.18 Å². The Kier molecular flexibility index (Phi) is 4.54. The molecule has 0 radical (unpaired) electrons. The minimum atomic E-state index is -4.52. The highest BCUT2D eigenvalue weighted by molar-refractivity contribution is 5.52. The van der Waals surface area contributed by atoms with E-state index >= 15 is 0 Å². The van der Waals surface area contributed by atoms with Crippen LogP contribution >= 0.6 is 0 Å². The SMILES string of the molecule is CNc1cc(C(F)(F)F)cc(N(CC#N)CC#N)n1. The summed E-state index contributed by atoms with van der Waals surface area (Å²) < 4.78 is 38.1. The molecule has 0 aromatic carbocycles. The molecule has 0 aliphatic rings. The predicted molar refractivity (Wildman–Crippen MR) is 62.2 cm³/mol. The van der Waals surface area contributed by atoms with E-state index in [1.165, 1.54) is 7.05 Å². The molecule has 1 rings (SSSR count). The summed E-state index contributed by atoms with van der Waals surface area (Å²) in [5.74, 6) is -0.0482. The summed E-state index contributed by atoms with van der Waals surface area (Å²) in [5, 5.41) is 19.7. The molecule has 0 aliphatic heterocycles. The van der Waals surface area contributed by atoms with Gasteiger partial charge in [0.2, 0.25) is 0 Å². The minimum absolute atomic E-state index is 0.0192. The Balaban J connectivity index is 3.26. The van der Waals surface area contributed by atoms with Crippen molar-refractivity contribution in [1.82, 2.24) is 4.98 Å². The van der Waals surface area contributed by atoms with E-state index in [1.807, 2.05) is 0 Å². The lowest BCUT2D eigenvalue weighted by Gasteiger charge is -2.19. The van der Waals surface area contributed by atoms with Gasteiger partial charge in [-0.15, -0.1) is 0 Å². The van der Waals surface area contributed by atoms with E-state index in [-0.39, 0.29) is 24.7 Å². The number of nitriles is 2. The van der Waals surface area contributed by atoms with Gasteiger partial charge in [0.05, 0.1) is 17.7 Å². The molecule has 0 aliphatic carbocycles. The summed E-state index contributed by atoms with van der Waals surface area (Å²) in [6.07, 6.45) is -4.52. The molecular weight excluding hydrogens is 259 g/mol. The van der Waals surface area contributed by atoms with Crippen LogP contribution in [0.3, 0.4) is 0 Å². The molecule has 19 heavy (non-hydrogen) atoms. The minimum Gasteiger partial charge on any atom is -0.373 e. The topological polar surface area (TPSA) is 75.7 Å². The third-order valence-corrected chi connectivity index (χ3v) is 2.24. The van der Waals surface area contributed by atoms with Crippen molar-refractivity contribution in [1.29, 1.82) is 10.5 Å². The zero-order valence-electron chi connectivity index (χ0n) is 9.99. The maximum Gasteiger partial charge on any atom is 0.416 e. The first kappa shape index (κ1) is 14.6. The van der Waals surface area contributed by atoms with Gasteiger partial charge in [-0.05, 0) is 12.1 Å². The molecule has 0 fully saturated rings. The third kappa shape index (κ3) is 3.75. The zero-order chi connectivity index (χ0) is 14.5. The molecule has 0 amide bonds. The molecule has 8 heteroatoms. The number of nitrogens with one attached hydrogen (secondary N) is 1. The predicted octanol–water partition coefficient (Wildman–Crippen LogP) is 2.00. The number of rotatable bonds is 4. The normalized spacial score (nSPS) is 10.4. The summed E-state index contributed by atoms with van der Waals surface area (Å²) in [6, 6.07) is 5.24. The first-order valence-electron chi connectivity index (χ1n) is 5.18. The number of hydrogen-bond acceptors (Lipinski definition) is 5. The van der Waals surface area contributed by atoms with Gasteiger partial charge in [0.1, 0.15) is 24.7 Å². The Morgan fingerprint density at radius 1 is 1.26 bits per heavy atom. The Morgan fingerprint density at radius 2 is 1.84 bits per heavy atom. The smallest absolute Gasteiger partial charge is 0.373 e. The van der Waals surface area contributed by atoms with Crippen LogP contribution in [0, 0.1) is 22.7 Å². The van der Waals surface area contributed by atoms with Gasteiger partial charge < -0.3 is 10.2 Å². The quantitative estimate of drug-likeness (QED) is 0.846. The van der Waals surface area contributed by atoms with Gasteiger partial charge in [0.15, 0.2) is 0 Å². The summed E-state index contributed by atoms with van der Waals surface area (Å²) >= 11 is 0. The summed E-state index contributed by atoms with van der Waals surface area (Å²) in [4.78, 5) is 5.08. The maximum atomic E-state index is 12.7. The lowest BCUT2D eigenvalue weighted by atomic mass is 10.2. The van der Waals surface area contributed by atoms with Crippen molar-refractivity contribution in [3.05, 3.63) is 17.7 Å². The second-order valence-electron chi connectivity index (χ2n) is 3.52. The molecule has 5 nitrogen and oxygen atoms in total. The highest BCUT2D eigenvalue weighted by atomic mass is 19.4. The zero-order valence-corrected chi connectivity index (χ0v) is 9.99. The average Bonchev–Trinajstić information content (AvgIpc) is 2.37. The van der Waals surface area contributed by atoms with Crippen LogP contribution in [0.2, 0.25) is 0 Å². The van der Waals surface area contributed by atoms with E-state index in [2.05, 4.69) is 10.3 Å². The summed E-state index contributed by atoms with van der Waals surface area (Å²) in [6.45, 7) is -0.434. The fourth-order valence-electron chi connectivity index (χ4n) is 1.36. The average molecular weight is 269 g/mol. The number of alkyl halides is 3. The van der Waals surface area contributed by atoms with Crippen LogP contribution in [-0.4, -0.2) is 25.1 Å². The van der Waals surface area contributed by atoms with E-state index in [1.54, 1.807) is 12.1 Å². The monoisotopic (exact) mass is 269 g/mol. The molecule has 100 valence electrons. The highest BCUT2D eigenvalue weighted by Crippen LogP contribution is 2.32. The van der Waals surface area contributed by atoms with E-state index in [4.69, 9.17) is 10.5 Å². The Morgan fingerprint density at radius 3 is 2.26 bits per heavy atom. The van der Waals surface area contributed by atoms with Gasteiger partial charge in [-0.2, -0.15) is 23.7 Å². The molecule has 0 spiro atoms. The van der Waals surface area contributed by atoms with Crippen molar-refractivity contribution in [3.8, 4) is 12.1 Å². The first-order chi connectivity index (χ1) is 8.92. The first-order valence-corrected chi connectivity index (χ1v) is 5.18. The molecule has 0 saturated carbocycles. The van der Waals surface area contributed by atoms with Crippen LogP contribution in [0.4, 0.5) is 24.8 Å². The van der Waals surface area contributed by atoms with E-state index in [0.29, 0.717) is 0 Å². The number of aromatic nitrogens is 1. The standard InChI is InChI=1S/C11H10F3N5/c1-17-9-6-8(11(12,13)14)7-10(18-9)19(4-2-15)5-3-16/h6-7H,4-5H2,1H3,(H,17,18). The highest BCUT2D eigenvalue weighted by Gasteiger charge is 2.32. The largest absolute Gasteiger partial charge is 0.416 e. The Hall–Kier alpha value is -2.48. The summed E-state index contributed by atoms with van der Waals surface area (Å²) in [5.41, 5.74) is -0.886. The van der Waals surface area contributed by atoms with Crippen LogP contribution in [-0.2, 0) is 6.18 Å². The van der Waals surface area contributed by atoms with Crippen molar-refractivity contribution in [2.45, 2.75) is 6.18 Å². The number of pyridine rings is 1. The second-order valence-corrected chi connectivity index (χ2v) is 3.52. The number of anilines is 2.